The van der Waals surface area contributed by atoms with Gasteiger partial charge in [0.15, 0.2) is 12.3 Å². The number of rotatable bonds is 9. The van der Waals surface area contributed by atoms with E-state index in [0.717, 1.165) is 46.5 Å². The average molecular weight is 512 g/mol. The van der Waals surface area contributed by atoms with Crippen LogP contribution < -0.4 is 21.2 Å². The number of benzene rings is 1. The number of thiophene rings is 1. The Kier molecular flexibility index (Phi) is 7.58. The van der Waals surface area contributed by atoms with Gasteiger partial charge in [0.1, 0.15) is 29.4 Å². The van der Waals surface area contributed by atoms with Crippen LogP contribution >= 0.6 is 11.3 Å². The van der Waals surface area contributed by atoms with Gasteiger partial charge in [0, 0.05) is 35.5 Å². The topological polar surface area (TPSA) is 125 Å². The Bertz CT molecular complexity index is 1290. The highest BCUT2D eigenvalue weighted by Crippen LogP contribution is 2.41. The first kappa shape index (κ1) is 26.0. The number of ether oxygens (including phenoxy) is 1. The van der Waals surface area contributed by atoms with Crippen molar-refractivity contribution in [3.8, 4) is 5.75 Å². The van der Waals surface area contributed by atoms with E-state index in [4.69, 9.17) is 15.9 Å². The van der Waals surface area contributed by atoms with Crippen molar-refractivity contribution in [2.45, 2.75) is 71.5 Å². The van der Waals surface area contributed by atoms with Crippen molar-refractivity contribution in [1.29, 1.82) is 0 Å². The van der Waals surface area contributed by atoms with Crippen molar-refractivity contribution in [1.82, 2.24) is 14.9 Å². The van der Waals surface area contributed by atoms with E-state index in [9.17, 15) is 5.11 Å². The molecule has 0 bridgehead atoms. The number of aliphatic hydroxyl groups excluding tert-OH is 1. The molecule has 1 aromatic carbocycles. The van der Waals surface area contributed by atoms with Gasteiger partial charge in [0.05, 0.1) is 22.7 Å². The summed E-state index contributed by atoms with van der Waals surface area (Å²) in [5.41, 5.74) is 9.42. The molecule has 4 rings (SSSR count). The molecule has 9 nitrogen and oxygen atoms in total. The summed E-state index contributed by atoms with van der Waals surface area (Å²) >= 11 is 1.68. The van der Waals surface area contributed by atoms with Gasteiger partial charge in [0.25, 0.3) is 0 Å². The highest BCUT2D eigenvalue weighted by molar-refractivity contribution is 7.19. The molecule has 192 valence electrons. The number of nitrogens with zero attached hydrogens (tertiary/aromatic N) is 4. The molecule has 0 fully saturated rings. The van der Waals surface area contributed by atoms with E-state index in [-0.39, 0.29) is 18.2 Å². The van der Waals surface area contributed by atoms with Gasteiger partial charge >= 0.3 is 6.35 Å². The zero-order chi connectivity index (χ0) is 26.1. The van der Waals surface area contributed by atoms with Gasteiger partial charge in [-0.25, -0.2) is 14.9 Å². The first-order chi connectivity index (χ1) is 17.1. The molecule has 10 heteroatoms. The molecule has 2 heterocycles. The monoisotopic (exact) mass is 511 g/mol. The summed E-state index contributed by atoms with van der Waals surface area (Å²) in [5.74, 6) is 1.36. The number of aromatic nitrogens is 2. The molecule has 36 heavy (non-hydrogen) atoms. The lowest BCUT2D eigenvalue weighted by Crippen LogP contribution is -2.48. The number of hydrogen-bond acceptors (Lipinski definition) is 8. The van der Waals surface area contributed by atoms with Crippen LogP contribution in [0.3, 0.4) is 0 Å². The summed E-state index contributed by atoms with van der Waals surface area (Å²) in [6.45, 7) is 12.2. The van der Waals surface area contributed by atoms with Gasteiger partial charge in [-0.05, 0) is 52.8 Å². The summed E-state index contributed by atoms with van der Waals surface area (Å²) in [5, 5.41) is 21.1. The molecular weight excluding hydrogens is 474 g/mol. The molecule has 2 unspecified atom stereocenters. The summed E-state index contributed by atoms with van der Waals surface area (Å²) in [6.07, 6.45) is 4.84. The van der Waals surface area contributed by atoms with E-state index in [1.165, 1.54) is 16.7 Å². The van der Waals surface area contributed by atoms with E-state index in [1.807, 2.05) is 36.4 Å². The molecule has 0 amide bonds. The van der Waals surface area contributed by atoms with Crippen LogP contribution in [-0.2, 0) is 12.8 Å². The molecule has 0 saturated heterocycles. The second-order valence-electron chi connectivity index (χ2n) is 9.86. The Morgan fingerprint density at radius 2 is 2.08 bits per heavy atom. The fourth-order valence-electron chi connectivity index (χ4n) is 4.49. The number of anilines is 3. The Morgan fingerprint density at radius 1 is 1.33 bits per heavy atom. The minimum absolute atomic E-state index is 0.0235. The highest BCUT2D eigenvalue weighted by atomic mass is 32.1. The minimum atomic E-state index is -0.735. The van der Waals surface area contributed by atoms with Gasteiger partial charge in [-0.15, -0.1) is 11.3 Å². The second-order valence-corrected chi connectivity index (χ2v) is 10.9. The van der Waals surface area contributed by atoms with Gasteiger partial charge in [-0.1, -0.05) is 0 Å². The molecule has 2 aromatic heterocycles. The number of nitrogens with one attached hydrogen (secondary N) is 1. The molecule has 1 aliphatic carbocycles. The number of nitrogens with two attached hydrogens (primary N) is 2. The Labute approximate surface area is 216 Å². The van der Waals surface area contributed by atoms with Crippen molar-refractivity contribution in [3.05, 3.63) is 34.5 Å². The number of aryl methyl sites for hydroxylation is 1. The largest absolute Gasteiger partial charge is 0.489 e. The van der Waals surface area contributed by atoms with Crippen LogP contribution in [0.15, 0.2) is 18.5 Å². The molecule has 0 spiro atoms. The van der Waals surface area contributed by atoms with Crippen molar-refractivity contribution in [2.24, 2.45) is 0 Å². The Morgan fingerprint density at radius 3 is 2.75 bits per heavy atom. The molecule has 2 atom stereocenters. The van der Waals surface area contributed by atoms with Crippen LogP contribution in [-0.4, -0.2) is 69.1 Å². The fourth-order valence-corrected chi connectivity index (χ4v) is 5.75. The molecule has 3 aromatic rings. The lowest BCUT2D eigenvalue weighted by molar-refractivity contribution is -0.659. The highest BCUT2D eigenvalue weighted by Gasteiger charge is 2.35. The van der Waals surface area contributed by atoms with Crippen LogP contribution in [0.1, 0.15) is 50.1 Å². The SMILES string of the molecule is C=[N+](C1CCc2c(sc3ncnc(Nc4cc(C=[NH2+])c(N)cc4OC(C)C)c23)C1)C(O)N(C)C(C)C. The number of aliphatic hydroxyl groups is 1. The smallest absolute Gasteiger partial charge is 0.318 e. The average Bonchev–Trinajstić information content (AvgIpc) is 3.22. The molecule has 0 aliphatic heterocycles. The predicted octanol–water partition coefficient (Wildman–Crippen LogP) is 2.17. The molecule has 1 aliphatic rings. The molecule has 6 N–H and O–H groups in total. The normalized spacial score (nSPS) is 16.4. The summed E-state index contributed by atoms with van der Waals surface area (Å²) in [4.78, 5) is 13.3. The predicted molar refractivity (Wildman–Crippen MR) is 147 cm³/mol. The van der Waals surface area contributed by atoms with Gasteiger partial charge < -0.3 is 20.9 Å². The first-order valence-corrected chi connectivity index (χ1v) is 13.1. The summed E-state index contributed by atoms with van der Waals surface area (Å²) in [6, 6.07) is 4.02. The maximum absolute atomic E-state index is 10.8. The van der Waals surface area contributed by atoms with Crippen molar-refractivity contribution in [3.63, 3.8) is 0 Å². The van der Waals surface area contributed by atoms with Gasteiger partial charge in [-0.2, -0.15) is 4.58 Å². The third-order valence-electron chi connectivity index (χ3n) is 6.74. The molecule has 0 saturated carbocycles. The zero-order valence-corrected chi connectivity index (χ0v) is 22.5. The van der Waals surface area contributed by atoms with Gasteiger partial charge in [-0.3, -0.25) is 5.41 Å². The summed E-state index contributed by atoms with van der Waals surface area (Å²) in [7, 11) is 1.91. The van der Waals surface area contributed by atoms with Crippen LogP contribution in [0.2, 0.25) is 0 Å². The van der Waals surface area contributed by atoms with Crippen LogP contribution in [0, 0.1) is 0 Å². The van der Waals surface area contributed by atoms with Crippen LogP contribution in [0.4, 0.5) is 17.2 Å². The second kappa shape index (κ2) is 10.5. The maximum Gasteiger partial charge on any atom is 0.318 e. The summed E-state index contributed by atoms with van der Waals surface area (Å²) < 4.78 is 7.85. The number of nitrogen functional groups attached to an aromatic ring is 1. The van der Waals surface area contributed by atoms with Crippen LogP contribution in [0.25, 0.3) is 10.2 Å². The Hall–Kier alpha value is -3.08. The van der Waals surface area contributed by atoms with Gasteiger partial charge in [0.2, 0.25) is 0 Å². The zero-order valence-electron chi connectivity index (χ0n) is 21.7. The molecular formula is C26H37N7O2S+2. The van der Waals surface area contributed by atoms with Crippen molar-refractivity contribution < 1.29 is 19.8 Å². The number of fused-ring (bicyclic) bond motifs is 3. The van der Waals surface area contributed by atoms with E-state index >= 15 is 0 Å². The lowest BCUT2D eigenvalue weighted by atomic mass is 9.92. The van der Waals surface area contributed by atoms with E-state index in [1.54, 1.807) is 23.7 Å². The lowest BCUT2D eigenvalue weighted by Gasteiger charge is -2.28. The first-order valence-electron chi connectivity index (χ1n) is 12.3. The third-order valence-corrected chi connectivity index (χ3v) is 7.91. The third kappa shape index (κ3) is 5.07. The van der Waals surface area contributed by atoms with E-state index < -0.39 is 6.35 Å². The Balaban J connectivity index is 1.67. The fraction of sp³-hybridized carbons (Fsp3) is 0.462. The minimum Gasteiger partial charge on any atom is -0.489 e. The number of hydrogen-bond donors (Lipinski definition) is 4. The maximum atomic E-state index is 10.8. The standard InChI is InChI=1S/C26H36N7O2S/c1-14(2)32(5)26(34)33(6)17-7-8-18-22(10-17)36-25-23(18)24(29-13-30-25)31-20-9-16(12-27)19(28)11-21(20)35-15(3)4/h9,11-15,17,26-27,34H,6-8,10,28H2,1-5H3,(H,29,30,31)/q+1/p+1. The van der Waals surface area contributed by atoms with Crippen molar-refractivity contribution in [2.75, 3.05) is 18.1 Å². The van der Waals surface area contributed by atoms with Crippen molar-refractivity contribution >= 4 is 51.7 Å². The van der Waals surface area contributed by atoms with E-state index in [0.29, 0.717) is 11.4 Å². The quantitative estimate of drug-likeness (QED) is 0.150. The van der Waals surface area contributed by atoms with E-state index in [2.05, 4.69) is 35.8 Å². The van der Waals surface area contributed by atoms with Crippen LogP contribution in [0.5, 0.6) is 5.75 Å². The molecule has 0 radical (unpaired) electrons.